The van der Waals surface area contributed by atoms with Crippen LogP contribution < -0.4 is 20.9 Å². The van der Waals surface area contributed by atoms with Crippen LogP contribution in [-0.2, 0) is 11.2 Å². The van der Waals surface area contributed by atoms with Gasteiger partial charge in [0.05, 0.1) is 33.9 Å². The molecule has 3 amide bonds. The number of anilines is 1. The summed E-state index contributed by atoms with van der Waals surface area (Å²) >= 11 is 18.9. The van der Waals surface area contributed by atoms with Crippen LogP contribution in [0.1, 0.15) is 45.4 Å². The molecule has 4 N–H and O–H groups in total. The van der Waals surface area contributed by atoms with Crippen LogP contribution in [0.2, 0.25) is 15.1 Å². The van der Waals surface area contributed by atoms with Gasteiger partial charge in [0, 0.05) is 24.0 Å². The Labute approximate surface area is 246 Å². The van der Waals surface area contributed by atoms with E-state index in [2.05, 4.69) is 16.0 Å². The number of carbonyl (C=O) groups excluding carboxylic acids is 2. The zero-order valence-corrected chi connectivity index (χ0v) is 23.6. The molecule has 2 aliphatic rings. The summed E-state index contributed by atoms with van der Waals surface area (Å²) in [5.74, 6) is -1.77. The fraction of sp³-hybridized carbons (Fsp3) is 0.276. The average Bonchev–Trinajstić information content (AvgIpc) is 3.30. The Morgan fingerprint density at radius 2 is 1.70 bits per heavy atom. The number of carboxylic acids is 1. The third-order valence-corrected chi connectivity index (χ3v) is 8.32. The number of amides is 3. The maximum Gasteiger partial charge on any atom is 0.328 e. The van der Waals surface area contributed by atoms with Crippen LogP contribution in [0.25, 0.3) is 0 Å². The molecule has 40 heavy (non-hydrogen) atoms. The molecule has 2 atom stereocenters. The summed E-state index contributed by atoms with van der Waals surface area (Å²) < 4.78 is 0. The average molecular weight is 602 g/mol. The molecular weight excluding hydrogens is 575 g/mol. The highest BCUT2D eigenvalue weighted by molar-refractivity contribution is 6.41. The molecule has 1 unspecified atom stereocenters. The maximum atomic E-state index is 13.2. The van der Waals surface area contributed by atoms with E-state index in [-0.39, 0.29) is 34.1 Å². The highest BCUT2D eigenvalue weighted by Gasteiger charge is 2.32. The Bertz CT molecular complexity index is 1440. The van der Waals surface area contributed by atoms with Gasteiger partial charge in [-0.05, 0) is 53.8 Å². The van der Waals surface area contributed by atoms with E-state index in [9.17, 15) is 19.5 Å². The summed E-state index contributed by atoms with van der Waals surface area (Å²) in [4.78, 5) is 39.6. The van der Waals surface area contributed by atoms with Crippen molar-refractivity contribution in [1.82, 2.24) is 16.0 Å². The third-order valence-electron chi connectivity index (χ3n) is 7.37. The first-order valence-electron chi connectivity index (χ1n) is 12.9. The molecule has 11 heteroatoms. The van der Waals surface area contributed by atoms with Gasteiger partial charge in [-0.15, -0.1) is 0 Å². The van der Waals surface area contributed by atoms with Crippen molar-refractivity contribution in [3.8, 4) is 0 Å². The molecule has 3 aromatic carbocycles. The number of urea groups is 1. The van der Waals surface area contributed by atoms with Crippen LogP contribution in [-0.4, -0.2) is 48.7 Å². The maximum absolute atomic E-state index is 13.2. The lowest BCUT2D eigenvalue weighted by Crippen LogP contribution is -2.50. The number of aliphatic carboxylic acids is 1. The molecule has 8 nitrogen and oxygen atoms in total. The molecule has 5 rings (SSSR count). The number of carboxylic acid groups (broad SMARTS) is 1. The van der Waals surface area contributed by atoms with Gasteiger partial charge >= 0.3 is 12.0 Å². The number of carbonyl (C=O) groups is 3. The van der Waals surface area contributed by atoms with Gasteiger partial charge in [-0.2, -0.15) is 0 Å². The number of fused-ring (bicyclic) bond motifs is 1. The van der Waals surface area contributed by atoms with Crippen molar-refractivity contribution in [2.75, 3.05) is 24.5 Å². The first kappa shape index (κ1) is 28.1. The topological polar surface area (TPSA) is 111 Å². The first-order chi connectivity index (χ1) is 19.2. The van der Waals surface area contributed by atoms with Crippen molar-refractivity contribution in [2.24, 2.45) is 0 Å². The molecule has 1 heterocycles. The van der Waals surface area contributed by atoms with Gasteiger partial charge in [-0.1, -0.05) is 71.2 Å². The van der Waals surface area contributed by atoms with Crippen molar-refractivity contribution in [3.63, 3.8) is 0 Å². The van der Waals surface area contributed by atoms with Crippen molar-refractivity contribution >= 4 is 58.4 Å². The number of hydrogen-bond donors (Lipinski definition) is 4. The zero-order valence-electron chi connectivity index (χ0n) is 21.3. The Balaban J connectivity index is 1.20. The normalized spacial score (nSPS) is 17.0. The van der Waals surface area contributed by atoms with Crippen LogP contribution in [0, 0.1) is 0 Å². The Kier molecular flexibility index (Phi) is 8.40. The van der Waals surface area contributed by atoms with E-state index in [1.54, 1.807) is 12.1 Å². The highest BCUT2D eigenvalue weighted by atomic mass is 35.5. The molecule has 1 saturated heterocycles. The van der Waals surface area contributed by atoms with Crippen molar-refractivity contribution in [3.05, 3.63) is 98.0 Å². The lowest BCUT2D eigenvalue weighted by molar-refractivity contribution is -0.139. The van der Waals surface area contributed by atoms with E-state index in [0.29, 0.717) is 23.8 Å². The fourth-order valence-corrected chi connectivity index (χ4v) is 5.94. The minimum Gasteiger partial charge on any atom is -0.480 e. The number of aryl methyl sites for hydroxylation is 1. The standard InChI is InChI=1S/C29H27Cl3N4O4/c30-19-8-5-16(6-9-19)18-14-36(15-18)24-12-10-21(31)25(26(24)32)27(37)34-23(28(38)39)13-33-29(40)35-22-11-7-17-3-1-2-4-20(17)22/h1-6,8-10,12,18,22-23H,7,11,13-15H2,(H,34,37)(H,38,39)(H2,33,35,40)/t22-,23?/m1/s1. The molecule has 0 bridgehead atoms. The molecule has 0 aromatic heterocycles. The molecule has 0 radical (unpaired) electrons. The monoisotopic (exact) mass is 600 g/mol. The highest BCUT2D eigenvalue weighted by Crippen LogP contribution is 2.39. The second kappa shape index (κ2) is 12.0. The van der Waals surface area contributed by atoms with Crippen LogP contribution in [0.5, 0.6) is 0 Å². The molecule has 1 aliphatic heterocycles. The molecule has 208 valence electrons. The molecular formula is C29H27Cl3N4O4. The van der Waals surface area contributed by atoms with Gasteiger partial charge in [0.25, 0.3) is 5.91 Å². The van der Waals surface area contributed by atoms with Gasteiger partial charge in [0.15, 0.2) is 0 Å². The Hall–Kier alpha value is -3.46. The zero-order chi connectivity index (χ0) is 28.4. The SMILES string of the molecule is O=C(NCC(NC(=O)c1c(Cl)ccc(N2CC(c3ccc(Cl)cc3)C2)c1Cl)C(=O)O)N[C@@H]1CCc2ccccc21. The van der Waals surface area contributed by atoms with E-state index in [0.717, 1.165) is 24.0 Å². The van der Waals surface area contributed by atoms with Crippen LogP contribution in [0.15, 0.2) is 60.7 Å². The summed E-state index contributed by atoms with van der Waals surface area (Å²) in [6.07, 6.45) is 1.62. The number of nitrogens with one attached hydrogen (secondary N) is 3. The van der Waals surface area contributed by atoms with Gasteiger partial charge in [0.1, 0.15) is 6.04 Å². The summed E-state index contributed by atoms with van der Waals surface area (Å²) in [5.41, 5.74) is 3.99. The minimum atomic E-state index is -1.40. The van der Waals surface area contributed by atoms with E-state index < -0.39 is 23.9 Å². The van der Waals surface area contributed by atoms with Gasteiger partial charge in [-0.25, -0.2) is 9.59 Å². The van der Waals surface area contributed by atoms with Crippen molar-refractivity contribution in [2.45, 2.75) is 30.8 Å². The fourth-order valence-electron chi connectivity index (χ4n) is 5.16. The van der Waals surface area contributed by atoms with E-state index >= 15 is 0 Å². The largest absolute Gasteiger partial charge is 0.480 e. The van der Waals surface area contributed by atoms with E-state index in [1.807, 2.05) is 53.4 Å². The summed E-state index contributed by atoms with van der Waals surface area (Å²) in [6.45, 7) is 1.05. The van der Waals surface area contributed by atoms with Gasteiger partial charge in [0.2, 0.25) is 0 Å². The summed E-state index contributed by atoms with van der Waals surface area (Å²) in [7, 11) is 0. The first-order valence-corrected chi connectivity index (χ1v) is 14.0. The number of nitrogens with zero attached hydrogens (tertiary/aromatic N) is 1. The minimum absolute atomic E-state index is 0.0194. The molecule has 1 fully saturated rings. The molecule has 0 saturated carbocycles. The number of hydrogen-bond acceptors (Lipinski definition) is 4. The number of benzene rings is 3. The lowest BCUT2D eigenvalue weighted by Gasteiger charge is -2.42. The van der Waals surface area contributed by atoms with Crippen LogP contribution in [0.3, 0.4) is 0 Å². The second-order valence-corrected chi connectivity index (χ2v) is 11.1. The second-order valence-electron chi connectivity index (χ2n) is 9.92. The quantitative estimate of drug-likeness (QED) is 0.276. The Morgan fingerprint density at radius 3 is 2.42 bits per heavy atom. The molecule has 1 aliphatic carbocycles. The van der Waals surface area contributed by atoms with Crippen LogP contribution >= 0.6 is 34.8 Å². The summed E-state index contributed by atoms with van der Waals surface area (Å²) in [5, 5.41) is 18.5. The molecule has 0 spiro atoms. The van der Waals surface area contributed by atoms with E-state index in [1.165, 1.54) is 5.56 Å². The Morgan fingerprint density at radius 1 is 0.975 bits per heavy atom. The predicted molar refractivity (Wildman–Crippen MR) is 156 cm³/mol. The lowest BCUT2D eigenvalue weighted by atomic mass is 9.91. The predicted octanol–water partition coefficient (Wildman–Crippen LogP) is 5.42. The number of rotatable bonds is 8. The smallest absolute Gasteiger partial charge is 0.328 e. The van der Waals surface area contributed by atoms with E-state index in [4.69, 9.17) is 34.8 Å². The number of halogens is 3. The van der Waals surface area contributed by atoms with Crippen molar-refractivity contribution in [1.29, 1.82) is 0 Å². The van der Waals surface area contributed by atoms with Gasteiger partial charge < -0.3 is 26.0 Å². The van der Waals surface area contributed by atoms with Crippen molar-refractivity contribution < 1.29 is 19.5 Å². The van der Waals surface area contributed by atoms with Crippen LogP contribution in [0.4, 0.5) is 10.5 Å². The third kappa shape index (κ3) is 5.99. The summed E-state index contributed by atoms with van der Waals surface area (Å²) in [6, 6.07) is 16.8. The van der Waals surface area contributed by atoms with Gasteiger partial charge in [-0.3, -0.25) is 4.79 Å². The molecule has 3 aromatic rings.